The Morgan fingerprint density at radius 3 is 2.88 bits per heavy atom. The maximum atomic E-state index is 13.8. The van der Waals surface area contributed by atoms with Crippen molar-refractivity contribution in [2.24, 2.45) is 0 Å². The summed E-state index contributed by atoms with van der Waals surface area (Å²) in [6.07, 6.45) is 2.91. The quantitative estimate of drug-likeness (QED) is 0.701. The Bertz CT molecular complexity index is 985. The number of fused-ring (bicyclic) bond motifs is 2. The van der Waals surface area contributed by atoms with Gasteiger partial charge < -0.3 is 16.4 Å². The van der Waals surface area contributed by atoms with E-state index in [-0.39, 0.29) is 23.6 Å². The molecule has 2 atom stereocenters. The number of alkyl halides is 1. The molecule has 8 nitrogen and oxygen atoms in total. The third-order valence-electron chi connectivity index (χ3n) is 4.37. The van der Waals surface area contributed by atoms with E-state index in [2.05, 4.69) is 20.6 Å². The molecule has 2 aliphatic rings. The molecule has 2 aromatic heterocycles. The van der Waals surface area contributed by atoms with Gasteiger partial charge in [-0.1, -0.05) is 6.08 Å². The molecule has 0 aromatic carbocycles. The smallest absolute Gasteiger partial charge is 0.277 e. The Morgan fingerprint density at radius 2 is 2.20 bits per heavy atom. The molecule has 0 saturated carbocycles. The van der Waals surface area contributed by atoms with Crippen LogP contribution in [0.15, 0.2) is 35.4 Å². The minimum Gasteiger partial charge on any atom is -0.384 e. The molecule has 0 fully saturated rings. The van der Waals surface area contributed by atoms with Crippen LogP contribution in [0.5, 0.6) is 0 Å². The Balaban J connectivity index is 1.86. The van der Waals surface area contributed by atoms with Gasteiger partial charge in [-0.3, -0.25) is 14.2 Å². The van der Waals surface area contributed by atoms with E-state index in [1.165, 1.54) is 29.1 Å². The van der Waals surface area contributed by atoms with Gasteiger partial charge in [-0.25, -0.2) is 14.4 Å². The summed E-state index contributed by atoms with van der Waals surface area (Å²) in [6.45, 7) is 1.72. The number of allylic oxidation sites excluding steroid dienone is 1. The Labute approximate surface area is 141 Å². The number of hydrogen-bond acceptors (Lipinski definition) is 6. The number of anilines is 3. The standard InChI is InChI=1S/C16H15FN6O2/c1-8-4-10(21-12-5-11(18)19-7-20-12)15(25)23-13(8)14(24)22-16(23)3-2-9(17)6-16/h2-5,7,9H,6H2,1H3,(H,22,24)(H3,18,19,20,21). The molecular weight excluding hydrogens is 327 g/mol. The maximum Gasteiger partial charge on any atom is 0.277 e. The molecule has 3 heterocycles. The van der Waals surface area contributed by atoms with Crippen LogP contribution in [-0.4, -0.2) is 26.6 Å². The molecule has 1 spiro atoms. The summed E-state index contributed by atoms with van der Waals surface area (Å²) in [5.41, 5.74) is 5.04. The van der Waals surface area contributed by atoms with Gasteiger partial charge in [0.05, 0.1) is 0 Å². The number of carbonyl (C=O) groups is 1. The second kappa shape index (κ2) is 5.13. The Kier molecular flexibility index (Phi) is 3.14. The predicted octanol–water partition coefficient (Wildman–Crippen LogP) is 0.967. The fourth-order valence-corrected chi connectivity index (χ4v) is 3.34. The largest absolute Gasteiger partial charge is 0.384 e. The number of aryl methyl sites for hydroxylation is 1. The molecule has 1 aliphatic carbocycles. The average Bonchev–Trinajstić information content (AvgIpc) is 3.05. The fraction of sp³-hybridized carbons (Fsp3) is 0.250. The Hall–Kier alpha value is -3.23. The zero-order chi connectivity index (χ0) is 17.8. The van der Waals surface area contributed by atoms with Crippen molar-refractivity contribution in [3.63, 3.8) is 0 Å². The zero-order valence-electron chi connectivity index (χ0n) is 13.3. The normalized spacial score (nSPS) is 23.8. The summed E-state index contributed by atoms with van der Waals surface area (Å²) in [6, 6.07) is 3.05. The topological polar surface area (TPSA) is 115 Å². The van der Waals surface area contributed by atoms with Crippen LogP contribution in [0.3, 0.4) is 0 Å². The minimum atomic E-state index is -1.23. The van der Waals surface area contributed by atoms with Crippen LogP contribution >= 0.6 is 0 Å². The summed E-state index contributed by atoms with van der Waals surface area (Å²) in [7, 11) is 0. The highest BCUT2D eigenvalue weighted by atomic mass is 19.1. The van der Waals surface area contributed by atoms with Crippen LogP contribution in [0.1, 0.15) is 22.5 Å². The van der Waals surface area contributed by atoms with E-state index in [9.17, 15) is 14.0 Å². The van der Waals surface area contributed by atoms with Gasteiger partial charge in [0.1, 0.15) is 41.2 Å². The van der Waals surface area contributed by atoms with E-state index in [1.807, 2.05) is 0 Å². The SMILES string of the molecule is Cc1cc(Nc2cc(N)ncn2)c(=O)n2c1C(=O)NC21C=CC(F)C1. The van der Waals surface area contributed by atoms with Gasteiger partial charge in [0.15, 0.2) is 0 Å². The van der Waals surface area contributed by atoms with Gasteiger partial charge >= 0.3 is 0 Å². The fourth-order valence-electron chi connectivity index (χ4n) is 3.34. The zero-order valence-corrected chi connectivity index (χ0v) is 13.3. The van der Waals surface area contributed by atoms with Crippen LogP contribution < -0.4 is 21.9 Å². The number of amides is 1. The Morgan fingerprint density at radius 1 is 1.40 bits per heavy atom. The van der Waals surface area contributed by atoms with Crippen molar-refractivity contribution in [3.8, 4) is 0 Å². The predicted molar refractivity (Wildman–Crippen MR) is 89.3 cm³/mol. The van der Waals surface area contributed by atoms with Gasteiger partial charge in [0, 0.05) is 12.5 Å². The van der Waals surface area contributed by atoms with Gasteiger partial charge in [-0.2, -0.15) is 0 Å². The third kappa shape index (κ3) is 2.27. The molecule has 1 amide bonds. The van der Waals surface area contributed by atoms with Crippen LogP contribution in [0.25, 0.3) is 0 Å². The van der Waals surface area contributed by atoms with Crippen molar-refractivity contribution in [2.75, 3.05) is 11.1 Å². The van der Waals surface area contributed by atoms with Crippen LogP contribution in [-0.2, 0) is 5.66 Å². The number of nitrogen functional groups attached to an aromatic ring is 1. The molecule has 128 valence electrons. The number of pyridine rings is 1. The first-order valence-corrected chi connectivity index (χ1v) is 7.67. The second-order valence-electron chi connectivity index (χ2n) is 6.14. The number of halogens is 1. The number of rotatable bonds is 2. The van der Waals surface area contributed by atoms with E-state index in [1.54, 1.807) is 13.0 Å². The molecule has 4 rings (SSSR count). The van der Waals surface area contributed by atoms with Crippen molar-refractivity contribution in [3.05, 3.63) is 52.2 Å². The average molecular weight is 342 g/mol. The first-order valence-electron chi connectivity index (χ1n) is 7.67. The number of nitrogens with one attached hydrogen (secondary N) is 2. The molecule has 0 saturated heterocycles. The lowest BCUT2D eigenvalue weighted by Crippen LogP contribution is -2.45. The maximum absolute atomic E-state index is 13.8. The molecule has 9 heteroatoms. The summed E-state index contributed by atoms with van der Waals surface area (Å²) >= 11 is 0. The molecule has 2 unspecified atom stereocenters. The summed E-state index contributed by atoms with van der Waals surface area (Å²) < 4.78 is 15.1. The lowest BCUT2D eigenvalue weighted by atomic mass is 10.1. The number of nitrogens with two attached hydrogens (primary N) is 1. The molecule has 4 N–H and O–H groups in total. The highest BCUT2D eigenvalue weighted by Gasteiger charge is 2.46. The van der Waals surface area contributed by atoms with Crippen molar-refractivity contribution in [1.82, 2.24) is 19.9 Å². The summed E-state index contributed by atoms with van der Waals surface area (Å²) in [5, 5.41) is 5.63. The molecule has 0 bridgehead atoms. The number of nitrogens with zero attached hydrogens (tertiary/aromatic N) is 3. The molecule has 25 heavy (non-hydrogen) atoms. The molecule has 1 aliphatic heterocycles. The molecule has 0 radical (unpaired) electrons. The third-order valence-corrected chi connectivity index (χ3v) is 4.37. The molecular formula is C16H15FN6O2. The summed E-state index contributed by atoms with van der Waals surface area (Å²) in [5.74, 6) is 0.204. The molecule has 2 aromatic rings. The van der Waals surface area contributed by atoms with Gasteiger partial charge in [0.2, 0.25) is 0 Å². The van der Waals surface area contributed by atoms with E-state index in [4.69, 9.17) is 5.73 Å². The first-order chi connectivity index (χ1) is 11.9. The number of aromatic nitrogens is 3. The van der Waals surface area contributed by atoms with Crippen molar-refractivity contribution in [2.45, 2.75) is 25.2 Å². The van der Waals surface area contributed by atoms with E-state index in [0.29, 0.717) is 11.4 Å². The van der Waals surface area contributed by atoms with Crippen LogP contribution in [0.2, 0.25) is 0 Å². The summed E-state index contributed by atoms with van der Waals surface area (Å²) in [4.78, 5) is 33.1. The second-order valence-corrected chi connectivity index (χ2v) is 6.14. The van der Waals surface area contributed by atoms with Crippen LogP contribution in [0, 0.1) is 6.92 Å². The first kappa shape index (κ1) is 15.3. The monoisotopic (exact) mass is 342 g/mol. The lowest BCUT2D eigenvalue weighted by molar-refractivity contribution is 0.0932. The number of carbonyl (C=O) groups excluding carboxylic acids is 1. The van der Waals surface area contributed by atoms with Gasteiger partial charge in [-0.05, 0) is 24.6 Å². The van der Waals surface area contributed by atoms with Gasteiger partial charge in [0.25, 0.3) is 11.5 Å². The van der Waals surface area contributed by atoms with E-state index >= 15 is 0 Å². The lowest BCUT2D eigenvalue weighted by Gasteiger charge is -2.25. The van der Waals surface area contributed by atoms with Crippen LogP contribution in [0.4, 0.5) is 21.7 Å². The van der Waals surface area contributed by atoms with Crippen molar-refractivity contribution in [1.29, 1.82) is 0 Å². The van der Waals surface area contributed by atoms with E-state index in [0.717, 1.165) is 0 Å². The highest BCUT2D eigenvalue weighted by molar-refractivity contribution is 5.97. The highest BCUT2D eigenvalue weighted by Crippen LogP contribution is 2.35. The van der Waals surface area contributed by atoms with Gasteiger partial charge in [-0.15, -0.1) is 0 Å². The minimum absolute atomic E-state index is 0.0189. The van der Waals surface area contributed by atoms with Crippen molar-refractivity contribution >= 4 is 23.2 Å². The van der Waals surface area contributed by atoms with E-state index < -0.39 is 23.3 Å². The number of hydrogen-bond donors (Lipinski definition) is 3. The van der Waals surface area contributed by atoms with Crippen molar-refractivity contribution < 1.29 is 9.18 Å².